The maximum absolute atomic E-state index is 11.8. The van der Waals surface area contributed by atoms with E-state index in [0.717, 1.165) is 0 Å². The Bertz CT molecular complexity index is 569. The van der Waals surface area contributed by atoms with Gasteiger partial charge in [0, 0.05) is 18.7 Å². The molecule has 0 spiro atoms. The van der Waals surface area contributed by atoms with E-state index in [4.69, 9.17) is 16.9 Å². The maximum Gasteiger partial charge on any atom is 0.319 e. The van der Waals surface area contributed by atoms with Gasteiger partial charge in [0.05, 0.1) is 23.2 Å². The third-order valence-electron chi connectivity index (χ3n) is 2.70. The van der Waals surface area contributed by atoms with Crippen LogP contribution in [0, 0.1) is 11.3 Å². The minimum atomic E-state index is -0.425. The van der Waals surface area contributed by atoms with Gasteiger partial charge in [-0.05, 0) is 24.6 Å². The lowest BCUT2D eigenvalue weighted by Gasteiger charge is -2.15. The maximum atomic E-state index is 11.8. The van der Waals surface area contributed by atoms with Crippen molar-refractivity contribution >= 4 is 34.9 Å². The topological polar surface area (TPSA) is 94.0 Å². The first-order valence-corrected chi connectivity index (χ1v) is 6.85. The highest BCUT2D eigenvalue weighted by molar-refractivity contribution is 6.34. The van der Waals surface area contributed by atoms with Crippen molar-refractivity contribution in [3.05, 3.63) is 23.2 Å². The summed E-state index contributed by atoms with van der Waals surface area (Å²) in [6.07, 6.45) is 0.912. The largest absolute Gasteiger partial charge is 0.334 e. The second-order valence-corrected chi connectivity index (χ2v) is 4.85. The van der Waals surface area contributed by atoms with Crippen LogP contribution in [0.25, 0.3) is 0 Å². The van der Waals surface area contributed by atoms with Gasteiger partial charge in [-0.15, -0.1) is 0 Å². The van der Waals surface area contributed by atoms with Crippen LogP contribution >= 0.6 is 11.6 Å². The quantitative estimate of drug-likeness (QED) is 0.780. The molecule has 3 N–H and O–H groups in total. The van der Waals surface area contributed by atoms with Gasteiger partial charge in [-0.2, -0.15) is 5.26 Å². The normalized spacial score (nSPS) is 11.1. The van der Waals surface area contributed by atoms with E-state index in [9.17, 15) is 9.59 Å². The fourth-order valence-corrected chi connectivity index (χ4v) is 1.88. The van der Waals surface area contributed by atoms with Crippen LogP contribution in [-0.4, -0.2) is 18.0 Å². The van der Waals surface area contributed by atoms with Gasteiger partial charge in [0.25, 0.3) is 0 Å². The summed E-state index contributed by atoms with van der Waals surface area (Å²) in [5.74, 6) is -0.202. The Balaban J connectivity index is 2.68. The van der Waals surface area contributed by atoms with Gasteiger partial charge in [0.2, 0.25) is 5.91 Å². The third-order valence-corrected chi connectivity index (χ3v) is 3.02. The zero-order valence-corrected chi connectivity index (χ0v) is 12.6. The van der Waals surface area contributed by atoms with Crippen molar-refractivity contribution < 1.29 is 9.59 Å². The molecule has 1 atom stereocenters. The molecule has 3 amide bonds. The standard InChI is InChI=1S/C14H17ClN4O2/c1-3-10(6-7-16)18-14(21)19-13-5-4-11(8-12(13)15)17-9(2)20/h4-5,8,10H,3,6H2,1-2H3,(H,17,20)(H2,18,19,21)/t10-/m0/s1. The Hall–Kier alpha value is -2.26. The molecule has 21 heavy (non-hydrogen) atoms. The molecule has 0 radical (unpaired) electrons. The van der Waals surface area contributed by atoms with Gasteiger partial charge < -0.3 is 16.0 Å². The molecule has 0 bridgehead atoms. The monoisotopic (exact) mass is 308 g/mol. The second kappa shape index (κ2) is 8.12. The van der Waals surface area contributed by atoms with Crippen LogP contribution in [-0.2, 0) is 4.79 Å². The van der Waals surface area contributed by atoms with Gasteiger partial charge >= 0.3 is 6.03 Å². The molecule has 1 aromatic carbocycles. The second-order valence-electron chi connectivity index (χ2n) is 4.44. The third kappa shape index (κ3) is 5.71. The van der Waals surface area contributed by atoms with E-state index in [0.29, 0.717) is 22.8 Å². The number of amides is 3. The van der Waals surface area contributed by atoms with Crippen LogP contribution in [0.15, 0.2) is 18.2 Å². The fourth-order valence-electron chi connectivity index (χ4n) is 1.65. The Morgan fingerprint density at radius 1 is 1.38 bits per heavy atom. The van der Waals surface area contributed by atoms with Crippen LogP contribution in [0.4, 0.5) is 16.2 Å². The number of urea groups is 1. The summed E-state index contributed by atoms with van der Waals surface area (Å²) in [4.78, 5) is 22.8. The number of benzene rings is 1. The minimum Gasteiger partial charge on any atom is -0.334 e. The van der Waals surface area contributed by atoms with E-state index in [1.54, 1.807) is 18.2 Å². The molecule has 0 saturated heterocycles. The van der Waals surface area contributed by atoms with E-state index in [2.05, 4.69) is 16.0 Å². The fraction of sp³-hybridized carbons (Fsp3) is 0.357. The first-order chi connectivity index (χ1) is 9.96. The van der Waals surface area contributed by atoms with Gasteiger partial charge in [0.15, 0.2) is 0 Å². The molecular weight excluding hydrogens is 292 g/mol. The molecule has 0 aliphatic heterocycles. The molecule has 0 fully saturated rings. The average molecular weight is 309 g/mol. The lowest BCUT2D eigenvalue weighted by atomic mass is 10.2. The van der Waals surface area contributed by atoms with Crippen LogP contribution in [0.2, 0.25) is 5.02 Å². The Morgan fingerprint density at radius 2 is 2.10 bits per heavy atom. The van der Waals surface area contributed by atoms with Crippen LogP contribution in [0.3, 0.4) is 0 Å². The number of rotatable bonds is 5. The van der Waals surface area contributed by atoms with Gasteiger partial charge in [-0.1, -0.05) is 18.5 Å². The van der Waals surface area contributed by atoms with Crippen LogP contribution in [0.5, 0.6) is 0 Å². The smallest absolute Gasteiger partial charge is 0.319 e. The van der Waals surface area contributed by atoms with Crippen molar-refractivity contribution in [2.24, 2.45) is 0 Å². The Kier molecular flexibility index (Phi) is 6.50. The van der Waals surface area contributed by atoms with Crippen molar-refractivity contribution in [2.75, 3.05) is 10.6 Å². The van der Waals surface area contributed by atoms with E-state index < -0.39 is 6.03 Å². The molecule has 1 rings (SSSR count). The number of nitriles is 1. The summed E-state index contributed by atoms with van der Waals surface area (Å²) in [6, 6.07) is 6.17. The SMILES string of the molecule is CC[C@@H](CC#N)NC(=O)Nc1ccc(NC(C)=O)cc1Cl. The molecule has 0 aliphatic carbocycles. The number of nitrogens with one attached hydrogen (secondary N) is 3. The number of anilines is 2. The Morgan fingerprint density at radius 3 is 2.62 bits per heavy atom. The zero-order valence-electron chi connectivity index (χ0n) is 11.9. The first-order valence-electron chi connectivity index (χ1n) is 6.47. The van der Waals surface area contributed by atoms with E-state index >= 15 is 0 Å². The predicted octanol–water partition coefficient (Wildman–Crippen LogP) is 3.11. The number of carbonyl (C=O) groups excluding carboxylic acids is 2. The van der Waals surface area contributed by atoms with Crippen LogP contribution in [0.1, 0.15) is 26.7 Å². The first kappa shape index (κ1) is 16.8. The summed E-state index contributed by atoms with van der Waals surface area (Å²) < 4.78 is 0. The van der Waals surface area contributed by atoms with Crippen molar-refractivity contribution in [1.82, 2.24) is 5.32 Å². The predicted molar refractivity (Wildman–Crippen MR) is 82.2 cm³/mol. The molecule has 0 aliphatic rings. The Labute approximate surface area is 128 Å². The molecule has 0 unspecified atom stereocenters. The van der Waals surface area contributed by atoms with Crippen molar-refractivity contribution in [3.8, 4) is 6.07 Å². The number of hydrogen-bond acceptors (Lipinski definition) is 3. The number of hydrogen-bond donors (Lipinski definition) is 3. The molecule has 6 nitrogen and oxygen atoms in total. The lowest BCUT2D eigenvalue weighted by Crippen LogP contribution is -2.37. The molecule has 7 heteroatoms. The average Bonchev–Trinajstić information content (AvgIpc) is 2.40. The van der Waals surface area contributed by atoms with Gasteiger partial charge in [-0.3, -0.25) is 4.79 Å². The van der Waals surface area contributed by atoms with Gasteiger partial charge in [0.1, 0.15) is 0 Å². The number of nitrogens with zero attached hydrogens (tertiary/aromatic N) is 1. The van der Waals surface area contributed by atoms with E-state index in [-0.39, 0.29) is 18.4 Å². The van der Waals surface area contributed by atoms with Crippen LogP contribution < -0.4 is 16.0 Å². The highest BCUT2D eigenvalue weighted by Crippen LogP contribution is 2.25. The number of carbonyl (C=O) groups is 2. The highest BCUT2D eigenvalue weighted by atomic mass is 35.5. The number of halogens is 1. The van der Waals surface area contributed by atoms with Crippen molar-refractivity contribution in [3.63, 3.8) is 0 Å². The van der Waals surface area contributed by atoms with Gasteiger partial charge in [-0.25, -0.2) is 4.79 Å². The summed E-state index contributed by atoms with van der Waals surface area (Å²) in [5.41, 5.74) is 0.976. The minimum absolute atomic E-state index is 0.201. The molecule has 112 valence electrons. The molecular formula is C14H17ClN4O2. The summed E-state index contributed by atoms with van der Waals surface area (Å²) in [7, 11) is 0. The summed E-state index contributed by atoms with van der Waals surface area (Å²) in [5, 5.41) is 16.8. The molecule has 0 aromatic heterocycles. The van der Waals surface area contributed by atoms with Crippen molar-refractivity contribution in [1.29, 1.82) is 5.26 Å². The summed E-state index contributed by atoms with van der Waals surface area (Å²) in [6.45, 7) is 3.28. The highest BCUT2D eigenvalue weighted by Gasteiger charge is 2.11. The summed E-state index contributed by atoms with van der Waals surface area (Å²) >= 11 is 6.04. The van der Waals surface area contributed by atoms with Crippen molar-refractivity contribution in [2.45, 2.75) is 32.7 Å². The molecule has 0 heterocycles. The molecule has 1 aromatic rings. The molecule has 0 saturated carbocycles. The zero-order chi connectivity index (χ0) is 15.8. The lowest BCUT2D eigenvalue weighted by molar-refractivity contribution is -0.114. The van der Waals surface area contributed by atoms with E-state index in [1.165, 1.54) is 6.92 Å². The van der Waals surface area contributed by atoms with E-state index in [1.807, 2.05) is 13.0 Å².